The monoisotopic (exact) mass is 354 g/mol. The third kappa shape index (κ3) is 3.35. The first-order valence-electron chi connectivity index (χ1n) is 6.39. The summed E-state index contributed by atoms with van der Waals surface area (Å²) in [7, 11) is 0. The van der Waals surface area contributed by atoms with Crippen LogP contribution in [0.2, 0.25) is 0 Å². The largest absolute Gasteiger partial charge is 0.147 e. The molecule has 1 saturated heterocycles. The van der Waals surface area contributed by atoms with E-state index in [4.69, 9.17) is 6.42 Å². The van der Waals surface area contributed by atoms with Crippen molar-refractivity contribution < 1.29 is 0 Å². The Morgan fingerprint density at radius 1 is 1.21 bits per heavy atom. The first-order valence-corrected chi connectivity index (χ1v) is 9.15. The van der Waals surface area contributed by atoms with Gasteiger partial charge in [-0.2, -0.15) is 0 Å². The molecule has 1 fully saturated rings. The molecule has 102 valence electrons. The predicted octanol–water partition coefficient (Wildman–Crippen LogP) is 5.38. The fourth-order valence-electron chi connectivity index (χ4n) is 2.03. The van der Waals surface area contributed by atoms with Gasteiger partial charge in [-0.25, -0.2) is 0 Å². The molecule has 0 atom stereocenters. The molecule has 0 spiro atoms. The van der Waals surface area contributed by atoms with Crippen LogP contribution in [0.1, 0.15) is 26.3 Å². The molecule has 0 bridgehead atoms. The van der Waals surface area contributed by atoms with Crippen molar-refractivity contribution in [1.82, 2.24) is 0 Å². The van der Waals surface area contributed by atoms with E-state index >= 15 is 0 Å². The van der Waals surface area contributed by atoms with Crippen LogP contribution in [0.4, 0.5) is 0 Å². The van der Waals surface area contributed by atoms with Crippen molar-refractivity contribution in [3.8, 4) is 12.3 Å². The van der Waals surface area contributed by atoms with Gasteiger partial charge in [0, 0.05) is 16.0 Å². The van der Waals surface area contributed by atoms with Crippen LogP contribution in [0.15, 0.2) is 28.7 Å². The van der Waals surface area contributed by atoms with Crippen LogP contribution >= 0.6 is 39.5 Å². The van der Waals surface area contributed by atoms with Gasteiger partial charge in [-0.1, -0.05) is 54.8 Å². The van der Waals surface area contributed by atoms with Gasteiger partial charge in [-0.05, 0) is 29.0 Å². The van der Waals surface area contributed by atoms with Gasteiger partial charge >= 0.3 is 0 Å². The van der Waals surface area contributed by atoms with Crippen molar-refractivity contribution in [3.05, 3.63) is 34.3 Å². The van der Waals surface area contributed by atoms with Crippen molar-refractivity contribution in [2.75, 3.05) is 11.5 Å². The second-order valence-electron chi connectivity index (χ2n) is 5.95. The molecule has 1 aromatic carbocycles. The smallest absolute Gasteiger partial charge is 0.126 e. The van der Waals surface area contributed by atoms with E-state index in [0.29, 0.717) is 5.41 Å². The highest BCUT2D eigenvalue weighted by atomic mass is 79.9. The lowest BCUT2D eigenvalue weighted by molar-refractivity contribution is 0.292. The van der Waals surface area contributed by atoms with E-state index in [0.717, 1.165) is 21.9 Å². The van der Waals surface area contributed by atoms with Crippen LogP contribution in [-0.4, -0.2) is 11.5 Å². The highest BCUT2D eigenvalue weighted by Gasteiger charge is 2.40. The number of terminal acetylenes is 1. The molecular weight excluding hydrogens is 336 g/mol. The molecule has 2 rings (SSSR count). The van der Waals surface area contributed by atoms with Gasteiger partial charge in [0.2, 0.25) is 0 Å². The van der Waals surface area contributed by atoms with Crippen LogP contribution in [0.5, 0.6) is 0 Å². The van der Waals surface area contributed by atoms with E-state index in [1.807, 2.05) is 23.5 Å². The van der Waals surface area contributed by atoms with Crippen LogP contribution in [0, 0.1) is 23.7 Å². The third-order valence-corrected chi connectivity index (χ3v) is 7.51. The molecule has 1 aromatic rings. The van der Waals surface area contributed by atoms with Gasteiger partial charge in [-0.3, -0.25) is 0 Å². The quantitative estimate of drug-likeness (QED) is 0.621. The third-order valence-electron chi connectivity index (χ3n) is 3.61. The second kappa shape index (κ2) is 5.76. The maximum Gasteiger partial charge on any atom is 0.147 e. The summed E-state index contributed by atoms with van der Waals surface area (Å²) >= 11 is 7.31. The molecule has 3 heteroatoms. The average molecular weight is 355 g/mol. The van der Waals surface area contributed by atoms with E-state index in [9.17, 15) is 0 Å². The summed E-state index contributed by atoms with van der Waals surface area (Å²) in [5, 5.41) is 0. The first kappa shape index (κ1) is 15.4. The van der Waals surface area contributed by atoms with Gasteiger partial charge in [0.1, 0.15) is 4.08 Å². The summed E-state index contributed by atoms with van der Waals surface area (Å²) in [5.74, 6) is 6.03. The van der Waals surface area contributed by atoms with E-state index in [2.05, 4.69) is 66.9 Å². The van der Waals surface area contributed by atoms with Crippen molar-refractivity contribution in [2.24, 2.45) is 11.3 Å². The van der Waals surface area contributed by atoms with Crippen LogP contribution in [0.25, 0.3) is 0 Å². The predicted molar refractivity (Wildman–Crippen MR) is 92.5 cm³/mol. The van der Waals surface area contributed by atoms with E-state index < -0.39 is 0 Å². The fraction of sp³-hybridized carbons (Fsp3) is 0.500. The second-order valence-corrected chi connectivity index (χ2v) is 9.60. The minimum Gasteiger partial charge on any atom is -0.126 e. The van der Waals surface area contributed by atoms with Gasteiger partial charge in [0.25, 0.3) is 0 Å². The van der Waals surface area contributed by atoms with Gasteiger partial charge in [-0.15, -0.1) is 29.9 Å². The lowest BCUT2D eigenvalue weighted by Gasteiger charge is -2.40. The molecule has 1 aliphatic heterocycles. The van der Waals surface area contributed by atoms with Gasteiger partial charge in [0.05, 0.1) is 0 Å². The van der Waals surface area contributed by atoms with Crippen molar-refractivity contribution in [3.63, 3.8) is 0 Å². The summed E-state index contributed by atoms with van der Waals surface area (Å²) in [6.45, 7) is 6.96. The van der Waals surface area contributed by atoms with Crippen LogP contribution in [-0.2, 0) is 4.08 Å². The Kier molecular flexibility index (Phi) is 4.65. The van der Waals surface area contributed by atoms with Crippen molar-refractivity contribution in [2.45, 2.75) is 24.9 Å². The molecule has 1 aliphatic rings. The zero-order chi connectivity index (χ0) is 14.1. The normalized spacial score (nSPS) is 27.8. The summed E-state index contributed by atoms with van der Waals surface area (Å²) in [6.07, 6.45) is 5.86. The number of rotatable bonds is 1. The SMILES string of the molecule is C#CC1(c2ccc(Br)cc2)SCC(C(C)(C)C)CS1. The van der Waals surface area contributed by atoms with E-state index in [1.165, 1.54) is 5.56 Å². The molecular formula is C16H19BrS2. The van der Waals surface area contributed by atoms with E-state index in [1.54, 1.807) is 0 Å². The molecule has 0 saturated carbocycles. The topological polar surface area (TPSA) is 0 Å². The number of halogens is 1. The highest BCUT2D eigenvalue weighted by Crippen LogP contribution is 2.53. The van der Waals surface area contributed by atoms with Crippen LogP contribution < -0.4 is 0 Å². The number of thioether (sulfide) groups is 2. The van der Waals surface area contributed by atoms with Gasteiger partial charge in [0.15, 0.2) is 0 Å². The lowest BCUT2D eigenvalue weighted by Crippen LogP contribution is -2.33. The molecule has 19 heavy (non-hydrogen) atoms. The van der Waals surface area contributed by atoms with E-state index in [-0.39, 0.29) is 4.08 Å². The summed E-state index contributed by atoms with van der Waals surface area (Å²) < 4.78 is 0.893. The zero-order valence-electron chi connectivity index (χ0n) is 11.6. The van der Waals surface area contributed by atoms with Crippen molar-refractivity contribution >= 4 is 39.5 Å². The fourth-order valence-corrected chi connectivity index (χ4v) is 6.06. The first-order chi connectivity index (χ1) is 8.87. The molecule has 0 aliphatic carbocycles. The minimum absolute atomic E-state index is 0.206. The number of hydrogen-bond acceptors (Lipinski definition) is 2. The standard InChI is InChI=1S/C16H19BrS2/c1-5-16(12-6-8-14(17)9-7-12)18-10-13(11-19-16)15(2,3)4/h1,6-9,13H,10-11H2,2-4H3. The molecule has 0 N–H and O–H groups in total. The number of benzene rings is 1. The Morgan fingerprint density at radius 2 is 1.74 bits per heavy atom. The molecule has 1 heterocycles. The Balaban J connectivity index is 2.19. The Hall–Kier alpha value is -0.0400. The number of hydrogen-bond donors (Lipinski definition) is 0. The molecule has 0 nitrogen and oxygen atoms in total. The Morgan fingerprint density at radius 3 is 2.16 bits per heavy atom. The zero-order valence-corrected chi connectivity index (χ0v) is 14.8. The average Bonchev–Trinajstić information content (AvgIpc) is 2.38. The highest BCUT2D eigenvalue weighted by molar-refractivity contribution is 9.10. The van der Waals surface area contributed by atoms with Crippen LogP contribution in [0.3, 0.4) is 0 Å². The Labute approximate surface area is 133 Å². The maximum atomic E-state index is 5.86. The molecule has 0 unspecified atom stereocenters. The minimum atomic E-state index is -0.206. The van der Waals surface area contributed by atoms with Gasteiger partial charge < -0.3 is 0 Å². The summed E-state index contributed by atoms with van der Waals surface area (Å²) in [6, 6.07) is 8.43. The lowest BCUT2D eigenvalue weighted by atomic mass is 9.83. The molecule has 0 amide bonds. The maximum absolute atomic E-state index is 5.86. The summed E-state index contributed by atoms with van der Waals surface area (Å²) in [5.41, 5.74) is 1.60. The Bertz CT molecular complexity index is 471. The summed E-state index contributed by atoms with van der Waals surface area (Å²) in [4.78, 5) is 0. The van der Waals surface area contributed by atoms with Crippen molar-refractivity contribution in [1.29, 1.82) is 0 Å². The molecule has 0 radical (unpaired) electrons. The molecule has 0 aromatic heterocycles.